The van der Waals surface area contributed by atoms with Gasteiger partial charge in [-0.3, -0.25) is 14.9 Å². The van der Waals surface area contributed by atoms with Crippen molar-refractivity contribution in [3.8, 4) is 11.3 Å². The molecule has 0 aliphatic heterocycles. The van der Waals surface area contributed by atoms with Crippen molar-refractivity contribution in [1.82, 2.24) is 0 Å². The Morgan fingerprint density at radius 1 is 1.16 bits per heavy atom. The standard InChI is InChI=1S/C19H16N2O8S2/c1-3-27-19(24)16-11(12-5-4-10(2)29-12)9-30-17(16)20-14(22)8-28-18(23)13-6-7-15(31-13)21(25)26/h4-7,9H,3,8H2,1-2H3,(H,20,22). The van der Waals surface area contributed by atoms with Crippen LogP contribution in [0.15, 0.2) is 34.1 Å². The molecule has 0 radical (unpaired) electrons. The highest BCUT2D eigenvalue weighted by atomic mass is 32.1. The number of ether oxygens (including phenoxy) is 2. The van der Waals surface area contributed by atoms with Gasteiger partial charge in [0.2, 0.25) is 0 Å². The molecule has 162 valence electrons. The Hall–Kier alpha value is -3.51. The van der Waals surface area contributed by atoms with Gasteiger partial charge in [-0.25, -0.2) is 9.59 Å². The van der Waals surface area contributed by atoms with Gasteiger partial charge < -0.3 is 19.2 Å². The molecule has 0 atom stereocenters. The molecule has 0 saturated carbocycles. The number of esters is 2. The number of hydrogen-bond acceptors (Lipinski definition) is 10. The molecular weight excluding hydrogens is 448 g/mol. The second-order valence-corrected chi connectivity index (χ2v) is 7.95. The molecule has 3 heterocycles. The van der Waals surface area contributed by atoms with E-state index in [0.29, 0.717) is 28.4 Å². The summed E-state index contributed by atoms with van der Waals surface area (Å²) in [6.07, 6.45) is 0. The van der Waals surface area contributed by atoms with Crippen LogP contribution in [0.4, 0.5) is 10.0 Å². The normalized spacial score (nSPS) is 10.5. The molecule has 1 N–H and O–H groups in total. The monoisotopic (exact) mass is 464 g/mol. The molecule has 31 heavy (non-hydrogen) atoms. The summed E-state index contributed by atoms with van der Waals surface area (Å²) in [5.74, 6) is -1.08. The second-order valence-electron chi connectivity index (χ2n) is 6.00. The molecule has 0 aromatic carbocycles. The third-order valence-electron chi connectivity index (χ3n) is 3.84. The van der Waals surface area contributed by atoms with Crippen molar-refractivity contribution in [1.29, 1.82) is 0 Å². The van der Waals surface area contributed by atoms with Crippen molar-refractivity contribution in [2.75, 3.05) is 18.5 Å². The van der Waals surface area contributed by atoms with Gasteiger partial charge in [0.1, 0.15) is 27.0 Å². The molecule has 3 aromatic rings. The highest BCUT2D eigenvalue weighted by Crippen LogP contribution is 2.37. The zero-order chi connectivity index (χ0) is 22.5. The van der Waals surface area contributed by atoms with E-state index < -0.39 is 29.4 Å². The summed E-state index contributed by atoms with van der Waals surface area (Å²) >= 11 is 1.74. The molecule has 0 spiro atoms. The fraction of sp³-hybridized carbons (Fsp3) is 0.211. The molecule has 0 bridgehead atoms. The number of furan rings is 1. The van der Waals surface area contributed by atoms with Gasteiger partial charge in [-0.1, -0.05) is 11.3 Å². The number of carbonyl (C=O) groups excluding carboxylic acids is 3. The molecule has 12 heteroatoms. The summed E-state index contributed by atoms with van der Waals surface area (Å²) < 4.78 is 15.6. The van der Waals surface area contributed by atoms with Gasteiger partial charge in [-0.15, -0.1) is 11.3 Å². The molecule has 0 aliphatic carbocycles. The first-order valence-corrected chi connectivity index (χ1v) is 10.6. The number of amides is 1. The van der Waals surface area contributed by atoms with Gasteiger partial charge in [-0.2, -0.15) is 0 Å². The van der Waals surface area contributed by atoms with Crippen molar-refractivity contribution < 1.29 is 33.2 Å². The van der Waals surface area contributed by atoms with Gasteiger partial charge in [0.15, 0.2) is 6.61 Å². The molecular formula is C19H16N2O8S2. The quantitative estimate of drug-likeness (QED) is 0.296. The number of nitrogens with zero attached hydrogens (tertiary/aromatic N) is 1. The highest BCUT2D eigenvalue weighted by Gasteiger charge is 2.25. The van der Waals surface area contributed by atoms with Crippen molar-refractivity contribution in [2.45, 2.75) is 13.8 Å². The van der Waals surface area contributed by atoms with Gasteiger partial charge in [-0.05, 0) is 32.0 Å². The highest BCUT2D eigenvalue weighted by molar-refractivity contribution is 7.17. The summed E-state index contributed by atoms with van der Waals surface area (Å²) in [4.78, 5) is 46.8. The maximum absolute atomic E-state index is 12.5. The van der Waals surface area contributed by atoms with Crippen LogP contribution in [0.3, 0.4) is 0 Å². The van der Waals surface area contributed by atoms with Crippen LogP contribution in [0.1, 0.15) is 32.7 Å². The topological polar surface area (TPSA) is 138 Å². The minimum atomic E-state index is -0.864. The third kappa shape index (κ3) is 5.16. The Balaban J connectivity index is 1.71. The lowest BCUT2D eigenvalue weighted by Crippen LogP contribution is -2.21. The summed E-state index contributed by atoms with van der Waals surface area (Å²) in [6, 6.07) is 5.87. The number of rotatable bonds is 8. The Bertz CT molecular complexity index is 1140. The van der Waals surface area contributed by atoms with E-state index in [2.05, 4.69) is 5.32 Å². The van der Waals surface area contributed by atoms with Crippen LogP contribution < -0.4 is 5.32 Å². The first kappa shape index (κ1) is 22.2. The van der Waals surface area contributed by atoms with Gasteiger partial charge >= 0.3 is 16.9 Å². The fourth-order valence-electron chi connectivity index (χ4n) is 2.52. The van der Waals surface area contributed by atoms with E-state index in [0.717, 1.165) is 11.3 Å². The van der Waals surface area contributed by atoms with E-state index in [4.69, 9.17) is 13.9 Å². The number of anilines is 1. The minimum absolute atomic E-state index is 0.00156. The Morgan fingerprint density at radius 2 is 1.94 bits per heavy atom. The average molecular weight is 464 g/mol. The van der Waals surface area contributed by atoms with E-state index >= 15 is 0 Å². The lowest BCUT2D eigenvalue weighted by molar-refractivity contribution is -0.380. The third-order valence-corrected chi connectivity index (χ3v) is 5.75. The van der Waals surface area contributed by atoms with Gasteiger partial charge in [0.25, 0.3) is 5.91 Å². The smallest absolute Gasteiger partial charge is 0.349 e. The van der Waals surface area contributed by atoms with Crippen LogP contribution in [-0.2, 0) is 14.3 Å². The summed E-state index contributed by atoms with van der Waals surface area (Å²) in [7, 11) is 0. The molecule has 0 unspecified atom stereocenters. The fourth-order valence-corrected chi connectivity index (χ4v) is 4.18. The van der Waals surface area contributed by atoms with E-state index in [9.17, 15) is 24.5 Å². The van der Waals surface area contributed by atoms with Crippen molar-refractivity contribution in [2.24, 2.45) is 0 Å². The summed E-state index contributed by atoms with van der Waals surface area (Å²) in [5.41, 5.74) is 0.601. The van der Waals surface area contributed by atoms with E-state index in [-0.39, 0.29) is 27.0 Å². The van der Waals surface area contributed by atoms with Crippen LogP contribution in [0.25, 0.3) is 11.3 Å². The largest absolute Gasteiger partial charge is 0.462 e. The SMILES string of the molecule is CCOC(=O)c1c(-c2ccc(C)o2)csc1NC(=O)COC(=O)c1ccc([N+](=O)[O-])s1. The van der Waals surface area contributed by atoms with E-state index in [1.807, 2.05) is 0 Å². The lowest BCUT2D eigenvalue weighted by Gasteiger charge is -2.08. The first-order chi connectivity index (χ1) is 14.8. The van der Waals surface area contributed by atoms with Crippen molar-refractivity contribution in [3.63, 3.8) is 0 Å². The number of nitro groups is 1. The maximum atomic E-state index is 12.5. The summed E-state index contributed by atoms with van der Waals surface area (Å²) in [6.45, 7) is 2.93. The molecule has 10 nitrogen and oxygen atoms in total. The van der Waals surface area contributed by atoms with Crippen molar-refractivity contribution in [3.05, 3.63) is 56.0 Å². The molecule has 3 aromatic heterocycles. The number of nitrogens with one attached hydrogen (secondary N) is 1. The lowest BCUT2D eigenvalue weighted by atomic mass is 10.1. The average Bonchev–Trinajstić information content (AvgIpc) is 3.45. The second kappa shape index (κ2) is 9.53. The molecule has 0 fully saturated rings. The first-order valence-electron chi connectivity index (χ1n) is 8.86. The van der Waals surface area contributed by atoms with E-state index in [1.165, 1.54) is 12.1 Å². The molecule has 3 rings (SSSR count). The van der Waals surface area contributed by atoms with Gasteiger partial charge in [0, 0.05) is 17.0 Å². The van der Waals surface area contributed by atoms with E-state index in [1.54, 1.807) is 31.4 Å². The zero-order valence-electron chi connectivity index (χ0n) is 16.3. The van der Waals surface area contributed by atoms with Crippen LogP contribution in [0.2, 0.25) is 0 Å². The number of carbonyl (C=O) groups is 3. The molecule has 0 saturated heterocycles. The Labute approximate surface area is 183 Å². The predicted molar refractivity (Wildman–Crippen MR) is 113 cm³/mol. The van der Waals surface area contributed by atoms with Gasteiger partial charge in [0.05, 0.1) is 11.5 Å². The van der Waals surface area contributed by atoms with Crippen molar-refractivity contribution >= 4 is 50.5 Å². The Morgan fingerprint density at radius 3 is 2.55 bits per heavy atom. The molecule has 1 amide bonds. The van der Waals surface area contributed by atoms with Crippen LogP contribution in [0.5, 0.6) is 0 Å². The van der Waals surface area contributed by atoms with Crippen LogP contribution >= 0.6 is 22.7 Å². The minimum Gasteiger partial charge on any atom is -0.462 e. The number of hydrogen-bond donors (Lipinski definition) is 1. The summed E-state index contributed by atoms with van der Waals surface area (Å²) in [5, 5.41) is 14.9. The molecule has 0 aliphatic rings. The Kier molecular flexibility index (Phi) is 6.82. The number of thiophene rings is 2. The maximum Gasteiger partial charge on any atom is 0.349 e. The number of aryl methyl sites for hydroxylation is 1. The zero-order valence-corrected chi connectivity index (χ0v) is 18.0. The van der Waals surface area contributed by atoms with Crippen LogP contribution in [0, 0.1) is 17.0 Å². The predicted octanol–water partition coefficient (Wildman–Crippen LogP) is 4.26. The van der Waals surface area contributed by atoms with Crippen LogP contribution in [-0.4, -0.2) is 36.0 Å².